The highest BCUT2D eigenvalue weighted by atomic mass is 35.5. The molecule has 2 saturated heterocycles. The van der Waals surface area contributed by atoms with Crippen LogP contribution in [-0.4, -0.2) is 34.9 Å². The second kappa shape index (κ2) is 7.33. The van der Waals surface area contributed by atoms with E-state index in [4.69, 9.17) is 0 Å². The van der Waals surface area contributed by atoms with Crippen molar-refractivity contribution in [3.63, 3.8) is 0 Å². The Bertz CT molecular complexity index is 798. The highest BCUT2D eigenvalue weighted by molar-refractivity contribution is 5.87. The summed E-state index contributed by atoms with van der Waals surface area (Å²) in [6.07, 6.45) is 5.47. The Morgan fingerprint density at radius 1 is 1.19 bits per heavy atom. The lowest BCUT2D eigenvalue weighted by Crippen LogP contribution is -2.57. The predicted octanol–water partition coefficient (Wildman–Crippen LogP) is 3.73. The van der Waals surface area contributed by atoms with Gasteiger partial charge in [-0.2, -0.15) is 0 Å². The summed E-state index contributed by atoms with van der Waals surface area (Å²) in [5.41, 5.74) is 2.50. The topological polar surface area (TPSA) is 45.2 Å². The van der Waals surface area contributed by atoms with E-state index in [1.54, 1.807) is 18.3 Å². The third kappa shape index (κ3) is 3.33. The number of hydrogen-bond acceptors (Lipinski definition) is 3. The lowest BCUT2D eigenvalue weighted by Gasteiger charge is -2.38. The molecule has 0 aliphatic carbocycles. The Kier molecular flexibility index (Phi) is 5.30. The van der Waals surface area contributed by atoms with Crippen LogP contribution in [0.5, 0.6) is 0 Å². The number of halogens is 2. The maximum atomic E-state index is 13.1. The summed E-state index contributed by atoms with van der Waals surface area (Å²) in [6.45, 7) is 0.839. The number of pyridine rings is 1. The van der Waals surface area contributed by atoms with E-state index in [0.717, 1.165) is 49.0 Å². The number of likely N-dealkylation sites (tertiary alicyclic amines) is 1. The molecule has 3 heterocycles. The van der Waals surface area contributed by atoms with Crippen molar-refractivity contribution in [2.45, 2.75) is 37.3 Å². The second-order valence-corrected chi connectivity index (χ2v) is 7.12. The molecule has 26 heavy (non-hydrogen) atoms. The van der Waals surface area contributed by atoms with Gasteiger partial charge in [-0.1, -0.05) is 12.1 Å². The van der Waals surface area contributed by atoms with Gasteiger partial charge in [0.1, 0.15) is 5.82 Å². The van der Waals surface area contributed by atoms with E-state index >= 15 is 0 Å². The van der Waals surface area contributed by atoms with Crippen LogP contribution in [0.4, 0.5) is 4.39 Å². The van der Waals surface area contributed by atoms with Crippen molar-refractivity contribution in [2.75, 3.05) is 13.6 Å². The van der Waals surface area contributed by atoms with Gasteiger partial charge in [-0.25, -0.2) is 4.39 Å². The number of piperidine rings is 1. The largest absolute Gasteiger partial charge is 0.344 e. The van der Waals surface area contributed by atoms with Crippen LogP contribution in [0, 0.1) is 5.82 Å². The fourth-order valence-electron chi connectivity index (χ4n) is 4.11. The van der Waals surface area contributed by atoms with Gasteiger partial charge in [0.15, 0.2) is 0 Å². The highest BCUT2D eigenvalue weighted by Gasteiger charge is 2.48. The first-order valence-corrected chi connectivity index (χ1v) is 8.83. The molecule has 6 heteroatoms. The first-order chi connectivity index (χ1) is 12.1. The summed E-state index contributed by atoms with van der Waals surface area (Å²) < 4.78 is 13.1. The number of aromatic nitrogens is 1. The third-order valence-electron chi connectivity index (χ3n) is 5.48. The number of rotatable bonds is 2. The molecule has 1 N–H and O–H groups in total. The van der Waals surface area contributed by atoms with Crippen molar-refractivity contribution in [1.82, 2.24) is 15.2 Å². The minimum absolute atomic E-state index is 0. The Morgan fingerprint density at radius 3 is 2.73 bits per heavy atom. The van der Waals surface area contributed by atoms with E-state index in [2.05, 4.69) is 10.3 Å². The number of benzene rings is 1. The van der Waals surface area contributed by atoms with Crippen LogP contribution in [0.25, 0.3) is 11.1 Å². The van der Waals surface area contributed by atoms with Gasteiger partial charge in [0.05, 0.1) is 17.3 Å². The zero-order chi connectivity index (χ0) is 17.4. The molecule has 0 unspecified atom stereocenters. The molecule has 4 nitrogen and oxygen atoms in total. The quantitative estimate of drug-likeness (QED) is 0.870. The van der Waals surface area contributed by atoms with Crippen LogP contribution < -0.4 is 5.32 Å². The molecule has 1 amide bonds. The fourth-order valence-corrected chi connectivity index (χ4v) is 4.11. The fraction of sp³-hybridized carbons (Fsp3) is 0.400. The van der Waals surface area contributed by atoms with Gasteiger partial charge in [0.25, 0.3) is 0 Å². The molecule has 1 aromatic carbocycles. The van der Waals surface area contributed by atoms with Crippen LogP contribution in [0.15, 0.2) is 42.6 Å². The van der Waals surface area contributed by atoms with Gasteiger partial charge in [-0.3, -0.25) is 15.1 Å². The zero-order valence-electron chi connectivity index (χ0n) is 14.7. The van der Waals surface area contributed by atoms with Crippen LogP contribution in [0.1, 0.15) is 37.4 Å². The number of carbonyl (C=O) groups excluding carboxylic acids is 1. The van der Waals surface area contributed by atoms with E-state index in [0.29, 0.717) is 0 Å². The summed E-state index contributed by atoms with van der Waals surface area (Å²) in [5, 5.41) is 3.58. The van der Waals surface area contributed by atoms with Gasteiger partial charge in [-0.05, 0) is 61.1 Å². The average Bonchev–Trinajstić information content (AvgIpc) is 3.06. The van der Waals surface area contributed by atoms with Crippen molar-refractivity contribution in [3.05, 3.63) is 54.1 Å². The summed E-state index contributed by atoms with van der Waals surface area (Å²) in [6, 6.07) is 10.5. The summed E-state index contributed by atoms with van der Waals surface area (Å²) in [4.78, 5) is 19.0. The van der Waals surface area contributed by atoms with Gasteiger partial charge < -0.3 is 4.90 Å². The van der Waals surface area contributed by atoms with Crippen molar-refractivity contribution in [2.24, 2.45) is 0 Å². The minimum Gasteiger partial charge on any atom is -0.344 e. The second-order valence-electron chi connectivity index (χ2n) is 7.12. The number of carbonyl (C=O) groups is 1. The average molecular weight is 376 g/mol. The van der Waals surface area contributed by atoms with E-state index in [-0.39, 0.29) is 30.2 Å². The molecule has 138 valence electrons. The van der Waals surface area contributed by atoms with Crippen LogP contribution in [-0.2, 0) is 4.79 Å². The number of hydrogen-bond donors (Lipinski definition) is 1. The summed E-state index contributed by atoms with van der Waals surface area (Å²) >= 11 is 0. The first kappa shape index (κ1) is 18.8. The van der Waals surface area contributed by atoms with Gasteiger partial charge >= 0.3 is 0 Å². The maximum absolute atomic E-state index is 13.1. The Labute approximate surface area is 159 Å². The van der Waals surface area contributed by atoms with Gasteiger partial charge in [0.2, 0.25) is 5.91 Å². The molecule has 1 aromatic heterocycles. The standard InChI is InChI=1S/C20H22FN3O.ClH/c1-24-12-2-9-20(19(24)25)10-7-17(23-20)18-13-15(8-11-22-18)14-3-5-16(21)6-4-14;/h3-6,8,11,13,17,23H,2,7,9-10,12H2,1H3;1H/t17-,20+;/m1./s1. The molecule has 4 rings (SSSR count). The van der Waals surface area contributed by atoms with Gasteiger partial charge in [-0.15, -0.1) is 12.4 Å². The highest BCUT2D eigenvalue weighted by Crippen LogP contribution is 2.38. The smallest absolute Gasteiger partial charge is 0.242 e. The van der Waals surface area contributed by atoms with Crippen LogP contribution >= 0.6 is 12.4 Å². The van der Waals surface area contributed by atoms with E-state index in [9.17, 15) is 9.18 Å². The third-order valence-corrected chi connectivity index (χ3v) is 5.48. The Morgan fingerprint density at radius 2 is 1.96 bits per heavy atom. The molecule has 2 aliphatic rings. The zero-order valence-corrected chi connectivity index (χ0v) is 15.6. The summed E-state index contributed by atoms with van der Waals surface area (Å²) in [5.74, 6) is -0.0340. The molecule has 0 saturated carbocycles. The number of nitrogens with one attached hydrogen (secondary N) is 1. The number of likely N-dealkylation sites (N-methyl/N-ethyl adjacent to an activating group) is 1. The van der Waals surface area contributed by atoms with Crippen molar-refractivity contribution in [1.29, 1.82) is 0 Å². The lowest BCUT2D eigenvalue weighted by atomic mass is 9.87. The van der Waals surface area contributed by atoms with E-state index in [1.807, 2.05) is 24.1 Å². The molecule has 2 fully saturated rings. The van der Waals surface area contributed by atoms with Crippen LogP contribution in [0.2, 0.25) is 0 Å². The molecule has 0 bridgehead atoms. The van der Waals surface area contributed by atoms with Crippen LogP contribution in [0.3, 0.4) is 0 Å². The normalized spacial score (nSPS) is 25.4. The number of amides is 1. The molecule has 1 spiro atoms. The molecule has 2 aliphatic heterocycles. The van der Waals surface area contributed by atoms with Gasteiger partial charge in [0, 0.05) is 19.8 Å². The minimum atomic E-state index is -0.425. The van der Waals surface area contributed by atoms with Crippen molar-refractivity contribution < 1.29 is 9.18 Å². The lowest BCUT2D eigenvalue weighted by molar-refractivity contribution is -0.139. The SMILES string of the molecule is CN1CCC[C@]2(CC[C@H](c3cc(-c4ccc(F)cc4)ccn3)N2)C1=O.Cl. The predicted molar refractivity (Wildman–Crippen MR) is 102 cm³/mol. The van der Waals surface area contributed by atoms with E-state index < -0.39 is 5.54 Å². The molecular weight excluding hydrogens is 353 g/mol. The Hall–Kier alpha value is -1.98. The van der Waals surface area contributed by atoms with Crippen molar-refractivity contribution >= 4 is 18.3 Å². The first-order valence-electron chi connectivity index (χ1n) is 8.83. The molecular formula is C20H23ClFN3O. The Balaban J connectivity index is 0.00000196. The summed E-state index contributed by atoms with van der Waals surface area (Å²) in [7, 11) is 1.88. The monoisotopic (exact) mass is 375 g/mol. The van der Waals surface area contributed by atoms with E-state index in [1.165, 1.54) is 12.1 Å². The van der Waals surface area contributed by atoms with Crippen molar-refractivity contribution in [3.8, 4) is 11.1 Å². The maximum Gasteiger partial charge on any atom is 0.242 e. The molecule has 2 atom stereocenters. The number of nitrogens with zero attached hydrogens (tertiary/aromatic N) is 2. The molecule has 2 aromatic rings. The molecule has 0 radical (unpaired) electrons.